The summed E-state index contributed by atoms with van der Waals surface area (Å²) in [5.41, 5.74) is 1.05. The van der Waals surface area contributed by atoms with Crippen LogP contribution < -0.4 is 9.62 Å². The molecular weight excluding hydrogens is 403 g/mol. The average Bonchev–Trinajstić information content (AvgIpc) is 2.71. The van der Waals surface area contributed by atoms with Crippen molar-refractivity contribution in [3.05, 3.63) is 78.1 Å². The highest BCUT2D eigenvalue weighted by Crippen LogP contribution is 2.22. The summed E-state index contributed by atoms with van der Waals surface area (Å²) < 4.78 is 39.1. The number of carbonyl (C=O) groups is 1. The summed E-state index contributed by atoms with van der Waals surface area (Å²) in [5, 5.41) is 5.12. The van der Waals surface area contributed by atoms with Crippen LogP contribution in [0.4, 0.5) is 10.1 Å². The predicted octanol–water partition coefficient (Wildman–Crippen LogP) is 3.74. The molecule has 30 heavy (non-hydrogen) atoms. The molecule has 0 aliphatic heterocycles. The molecule has 1 atom stereocenters. The summed E-state index contributed by atoms with van der Waals surface area (Å²) in [6.07, 6.45) is 1.72. The van der Waals surface area contributed by atoms with Crippen molar-refractivity contribution in [3.8, 4) is 0 Å². The quantitative estimate of drug-likeness (QED) is 0.594. The van der Waals surface area contributed by atoms with Crippen molar-refractivity contribution < 1.29 is 17.6 Å². The van der Waals surface area contributed by atoms with Gasteiger partial charge in [0.15, 0.2) is 0 Å². The van der Waals surface area contributed by atoms with Gasteiger partial charge in [-0.15, -0.1) is 0 Å². The number of benzene rings is 3. The Hall–Kier alpha value is -2.93. The second kappa shape index (κ2) is 9.26. The Bertz CT molecular complexity index is 1140. The third kappa shape index (κ3) is 5.36. The molecule has 3 aromatic rings. The Morgan fingerprint density at radius 2 is 1.70 bits per heavy atom. The number of sulfonamides is 1. The van der Waals surface area contributed by atoms with E-state index in [4.69, 9.17) is 0 Å². The molecule has 3 rings (SSSR count). The number of nitrogens with zero attached hydrogens (tertiary/aromatic N) is 1. The van der Waals surface area contributed by atoms with Crippen molar-refractivity contribution >= 4 is 32.4 Å². The van der Waals surface area contributed by atoms with Crippen LogP contribution in [-0.4, -0.2) is 33.7 Å². The first-order valence-corrected chi connectivity index (χ1v) is 11.6. The molecule has 1 N–H and O–H groups in total. The number of rotatable bonds is 8. The number of fused-ring (bicyclic) bond motifs is 1. The molecule has 0 aliphatic carbocycles. The van der Waals surface area contributed by atoms with Crippen LogP contribution in [-0.2, 0) is 21.2 Å². The van der Waals surface area contributed by atoms with Gasteiger partial charge < -0.3 is 5.32 Å². The van der Waals surface area contributed by atoms with E-state index < -0.39 is 28.3 Å². The zero-order chi connectivity index (χ0) is 21.7. The highest BCUT2D eigenvalue weighted by Gasteiger charge is 2.23. The molecule has 0 bridgehead atoms. The van der Waals surface area contributed by atoms with Crippen molar-refractivity contribution in [1.29, 1.82) is 0 Å². The van der Waals surface area contributed by atoms with Crippen molar-refractivity contribution in [2.75, 3.05) is 23.7 Å². The molecule has 7 heteroatoms. The molecule has 0 saturated carbocycles. The van der Waals surface area contributed by atoms with E-state index in [1.54, 1.807) is 0 Å². The van der Waals surface area contributed by atoms with Gasteiger partial charge in [0, 0.05) is 6.54 Å². The first-order valence-electron chi connectivity index (χ1n) is 9.71. The van der Waals surface area contributed by atoms with E-state index in [2.05, 4.69) is 29.6 Å². The third-order valence-corrected chi connectivity index (χ3v) is 6.03. The number of anilines is 1. The van der Waals surface area contributed by atoms with E-state index in [1.807, 2.05) is 25.1 Å². The number of amides is 1. The molecule has 0 heterocycles. The molecule has 3 aromatic carbocycles. The van der Waals surface area contributed by atoms with Gasteiger partial charge in [0.05, 0.1) is 11.9 Å². The first-order chi connectivity index (χ1) is 14.3. The summed E-state index contributed by atoms with van der Waals surface area (Å²) in [7, 11) is -3.81. The summed E-state index contributed by atoms with van der Waals surface area (Å²) in [5.74, 6) is -1.03. The SMILES string of the molecule is CC(CNC(=O)CN(c1ccccc1F)S(C)(=O)=O)Cc1cccc2ccccc12. The van der Waals surface area contributed by atoms with Gasteiger partial charge in [-0.25, -0.2) is 12.8 Å². The minimum Gasteiger partial charge on any atom is -0.354 e. The second-order valence-corrected chi connectivity index (χ2v) is 9.38. The van der Waals surface area contributed by atoms with Gasteiger partial charge in [-0.1, -0.05) is 61.5 Å². The largest absolute Gasteiger partial charge is 0.354 e. The molecule has 5 nitrogen and oxygen atoms in total. The standard InChI is InChI=1S/C23H25FN2O3S/c1-17(14-19-10-7-9-18-8-3-4-11-20(18)19)15-25-23(27)16-26(30(2,28)29)22-13-6-5-12-21(22)24/h3-13,17H,14-16H2,1-2H3,(H,25,27). The number of nitrogens with one attached hydrogen (secondary N) is 1. The van der Waals surface area contributed by atoms with Gasteiger partial charge in [0.25, 0.3) is 0 Å². The molecule has 1 unspecified atom stereocenters. The van der Waals surface area contributed by atoms with Gasteiger partial charge in [-0.2, -0.15) is 0 Å². The van der Waals surface area contributed by atoms with Gasteiger partial charge in [0.1, 0.15) is 12.4 Å². The fourth-order valence-corrected chi connectivity index (χ4v) is 4.28. The maximum atomic E-state index is 14.1. The minimum atomic E-state index is -3.81. The van der Waals surface area contributed by atoms with Gasteiger partial charge >= 0.3 is 0 Å². The fourth-order valence-electron chi connectivity index (χ4n) is 3.43. The number of para-hydroxylation sites is 1. The van der Waals surface area contributed by atoms with E-state index in [9.17, 15) is 17.6 Å². The van der Waals surface area contributed by atoms with Crippen LogP contribution in [0.15, 0.2) is 66.7 Å². The summed E-state index contributed by atoms with van der Waals surface area (Å²) >= 11 is 0. The Morgan fingerprint density at radius 3 is 2.43 bits per heavy atom. The molecule has 1 amide bonds. The Labute approximate surface area is 176 Å². The number of halogens is 1. The molecule has 0 fully saturated rings. The topological polar surface area (TPSA) is 66.5 Å². The lowest BCUT2D eigenvalue weighted by atomic mass is 9.96. The molecule has 158 valence electrons. The summed E-state index contributed by atoms with van der Waals surface area (Å²) in [6.45, 7) is 1.94. The average molecular weight is 429 g/mol. The van der Waals surface area contributed by atoms with E-state index in [-0.39, 0.29) is 11.6 Å². The number of hydrogen-bond acceptors (Lipinski definition) is 3. The highest BCUT2D eigenvalue weighted by atomic mass is 32.2. The number of carbonyl (C=O) groups excluding carboxylic acids is 1. The molecule has 0 aliphatic rings. The third-order valence-electron chi connectivity index (χ3n) is 4.90. The van der Waals surface area contributed by atoms with Gasteiger partial charge in [-0.3, -0.25) is 9.10 Å². The van der Waals surface area contributed by atoms with Crippen LogP contribution >= 0.6 is 0 Å². The van der Waals surface area contributed by atoms with E-state index in [1.165, 1.54) is 34.5 Å². The minimum absolute atomic E-state index is 0.139. The Kier molecular flexibility index (Phi) is 6.72. The Balaban J connectivity index is 1.63. The van der Waals surface area contributed by atoms with Crippen LogP contribution in [0.3, 0.4) is 0 Å². The predicted molar refractivity (Wildman–Crippen MR) is 118 cm³/mol. The number of hydrogen-bond donors (Lipinski definition) is 1. The highest BCUT2D eigenvalue weighted by molar-refractivity contribution is 7.92. The maximum absolute atomic E-state index is 14.1. The molecule has 0 saturated heterocycles. The monoisotopic (exact) mass is 428 g/mol. The van der Waals surface area contributed by atoms with E-state index in [0.29, 0.717) is 6.54 Å². The van der Waals surface area contributed by atoms with Gasteiger partial charge in [-0.05, 0) is 40.8 Å². The maximum Gasteiger partial charge on any atom is 0.240 e. The molecule has 0 aromatic heterocycles. The lowest BCUT2D eigenvalue weighted by Gasteiger charge is -2.23. The van der Waals surface area contributed by atoms with Crippen LogP contribution in [0.5, 0.6) is 0 Å². The molecule has 0 radical (unpaired) electrons. The van der Waals surface area contributed by atoms with Crippen LogP contribution in [0, 0.1) is 11.7 Å². The zero-order valence-electron chi connectivity index (χ0n) is 17.0. The van der Waals surface area contributed by atoms with Crippen molar-refractivity contribution in [2.24, 2.45) is 5.92 Å². The van der Waals surface area contributed by atoms with Crippen LogP contribution in [0.2, 0.25) is 0 Å². The lowest BCUT2D eigenvalue weighted by molar-refractivity contribution is -0.119. The van der Waals surface area contributed by atoms with E-state index >= 15 is 0 Å². The van der Waals surface area contributed by atoms with Crippen molar-refractivity contribution in [2.45, 2.75) is 13.3 Å². The van der Waals surface area contributed by atoms with Crippen LogP contribution in [0.25, 0.3) is 10.8 Å². The van der Waals surface area contributed by atoms with Gasteiger partial charge in [0.2, 0.25) is 15.9 Å². The molecular formula is C23H25FN2O3S. The Morgan fingerprint density at radius 1 is 1.03 bits per heavy atom. The van der Waals surface area contributed by atoms with E-state index in [0.717, 1.165) is 23.0 Å². The van der Waals surface area contributed by atoms with Crippen LogP contribution in [0.1, 0.15) is 12.5 Å². The lowest BCUT2D eigenvalue weighted by Crippen LogP contribution is -2.42. The van der Waals surface area contributed by atoms with Crippen molar-refractivity contribution in [1.82, 2.24) is 5.32 Å². The fraction of sp³-hybridized carbons (Fsp3) is 0.261. The summed E-state index contributed by atoms with van der Waals surface area (Å²) in [6, 6.07) is 19.8. The van der Waals surface area contributed by atoms with Crippen molar-refractivity contribution in [3.63, 3.8) is 0 Å². The smallest absolute Gasteiger partial charge is 0.240 e. The molecule has 0 spiro atoms. The summed E-state index contributed by atoms with van der Waals surface area (Å²) in [4.78, 5) is 12.4. The second-order valence-electron chi connectivity index (χ2n) is 7.47. The normalized spacial score (nSPS) is 12.5. The first kappa shape index (κ1) is 21.8. The zero-order valence-corrected chi connectivity index (χ0v) is 17.8.